The third-order valence-electron chi connectivity index (χ3n) is 5.15. The molecule has 0 saturated carbocycles. The Bertz CT molecular complexity index is 838. The Morgan fingerprint density at radius 3 is 2.76 bits per heavy atom. The summed E-state index contributed by atoms with van der Waals surface area (Å²) >= 11 is 0. The molecule has 0 bridgehead atoms. The van der Waals surface area contributed by atoms with Gasteiger partial charge in [0.2, 0.25) is 5.91 Å². The first-order valence-electron chi connectivity index (χ1n) is 9.01. The van der Waals surface area contributed by atoms with Gasteiger partial charge in [-0.1, -0.05) is 49.4 Å². The van der Waals surface area contributed by atoms with Crippen molar-refractivity contribution in [3.63, 3.8) is 0 Å². The Morgan fingerprint density at radius 1 is 1.20 bits per heavy atom. The zero-order valence-electron chi connectivity index (χ0n) is 14.5. The standard InChI is InChI=1S/C21H23N3O/c1-15(16-8-3-2-4-9-16)14-20(25)24-13-7-12-19(24)21-22-17-10-5-6-11-18(17)23-21/h2-6,8-11,15,19H,7,12-14H2,1H3,(H,22,23). The fourth-order valence-electron chi connectivity index (χ4n) is 3.76. The maximum Gasteiger partial charge on any atom is 0.223 e. The molecule has 1 aliphatic rings. The van der Waals surface area contributed by atoms with E-state index in [1.807, 2.05) is 47.4 Å². The van der Waals surface area contributed by atoms with Gasteiger partial charge in [-0.15, -0.1) is 0 Å². The van der Waals surface area contributed by atoms with Crippen molar-refractivity contribution < 1.29 is 4.79 Å². The van der Waals surface area contributed by atoms with E-state index >= 15 is 0 Å². The second kappa shape index (κ2) is 6.71. The second-order valence-corrected chi connectivity index (χ2v) is 6.90. The minimum atomic E-state index is 0.0721. The van der Waals surface area contributed by atoms with Gasteiger partial charge in [-0.05, 0) is 36.5 Å². The Labute approximate surface area is 147 Å². The Morgan fingerprint density at radius 2 is 1.96 bits per heavy atom. The highest BCUT2D eigenvalue weighted by molar-refractivity contribution is 5.78. The summed E-state index contributed by atoms with van der Waals surface area (Å²) in [7, 11) is 0. The number of carbonyl (C=O) groups excluding carboxylic acids is 1. The monoisotopic (exact) mass is 333 g/mol. The highest BCUT2D eigenvalue weighted by atomic mass is 16.2. The lowest BCUT2D eigenvalue weighted by Gasteiger charge is -2.25. The molecule has 1 N–H and O–H groups in total. The highest BCUT2D eigenvalue weighted by Crippen LogP contribution is 2.33. The number of rotatable bonds is 4. The molecule has 4 rings (SSSR count). The van der Waals surface area contributed by atoms with Gasteiger partial charge in [0, 0.05) is 13.0 Å². The number of nitrogens with zero attached hydrogens (tertiary/aromatic N) is 2. The summed E-state index contributed by atoms with van der Waals surface area (Å²) in [6, 6.07) is 18.4. The number of fused-ring (bicyclic) bond motifs is 1. The third kappa shape index (κ3) is 3.16. The second-order valence-electron chi connectivity index (χ2n) is 6.90. The Hall–Kier alpha value is -2.62. The molecular weight excluding hydrogens is 310 g/mol. The Balaban J connectivity index is 1.51. The van der Waals surface area contributed by atoms with Gasteiger partial charge >= 0.3 is 0 Å². The van der Waals surface area contributed by atoms with Crippen molar-refractivity contribution in [2.45, 2.75) is 38.1 Å². The molecule has 128 valence electrons. The SMILES string of the molecule is CC(CC(=O)N1CCCC1c1nc2ccccc2[nH]1)c1ccccc1. The van der Waals surface area contributed by atoms with E-state index < -0.39 is 0 Å². The minimum absolute atomic E-state index is 0.0721. The minimum Gasteiger partial charge on any atom is -0.340 e. The number of para-hydroxylation sites is 2. The summed E-state index contributed by atoms with van der Waals surface area (Å²) in [5, 5.41) is 0. The molecular formula is C21H23N3O. The largest absolute Gasteiger partial charge is 0.340 e. The van der Waals surface area contributed by atoms with Gasteiger partial charge in [0.15, 0.2) is 0 Å². The molecule has 1 aromatic heterocycles. The van der Waals surface area contributed by atoms with Crippen molar-refractivity contribution in [2.24, 2.45) is 0 Å². The predicted octanol–water partition coefficient (Wildman–Crippen LogP) is 4.42. The molecule has 4 heteroatoms. The third-order valence-corrected chi connectivity index (χ3v) is 5.15. The van der Waals surface area contributed by atoms with Crippen LogP contribution in [0.4, 0.5) is 0 Å². The molecule has 1 amide bonds. The number of benzene rings is 2. The molecule has 0 radical (unpaired) electrons. The van der Waals surface area contributed by atoms with E-state index in [4.69, 9.17) is 4.98 Å². The first-order chi connectivity index (χ1) is 12.2. The van der Waals surface area contributed by atoms with Gasteiger partial charge in [-0.3, -0.25) is 4.79 Å². The van der Waals surface area contributed by atoms with Crippen LogP contribution in [0.15, 0.2) is 54.6 Å². The van der Waals surface area contributed by atoms with Crippen LogP contribution < -0.4 is 0 Å². The molecule has 1 aliphatic heterocycles. The van der Waals surface area contributed by atoms with Crippen LogP contribution in [0.5, 0.6) is 0 Å². The number of H-pyrrole nitrogens is 1. The molecule has 2 atom stereocenters. The van der Waals surface area contributed by atoms with E-state index in [-0.39, 0.29) is 17.9 Å². The van der Waals surface area contributed by atoms with E-state index in [1.165, 1.54) is 5.56 Å². The number of hydrogen-bond donors (Lipinski definition) is 1. The number of hydrogen-bond acceptors (Lipinski definition) is 2. The molecule has 1 fully saturated rings. The predicted molar refractivity (Wildman–Crippen MR) is 99.3 cm³/mol. The smallest absolute Gasteiger partial charge is 0.223 e. The van der Waals surface area contributed by atoms with E-state index in [2.05, 4.69) is 24.0 Å². The zero-order valence-corrected chi connectivity index (χ0v) is 14.5. The van der Waals surface area contributed by atoms with Crippen molar-refractivity contribution in [1.29, 1.82) is 0 Å². The van der Waals surface area contributed by atoms with Crippen LogP contribution >= 0.6 is 0 Å². The van der Waals surface area contributed by atoms with Crippen LogP contribution in [-0.4, -0.2) is 27.3 Å². The van der Waals surface area contributed by atoms with Crippen molar-refractivity contribution >= 4 is 16.9 Å². The summed E-state index contributed by atoms with van der Waals surface area (Å²) in [6.45, 7) is 2.95. The first-order valence-corrected chi connectivity index (χ1v) is 9.01. The molecule has 2 heterocycles. The molecule has 1 saturated heterocycles. The molecule has 0 spiro atoms. The van der Waals surface area contributed by atoms with Gasteiger partial charge in [0.05, 0.1) is 17.1 Å². The fourth-order valence-corrected chi connectivity index (χ4v) is 3.76. The number of amides is 1. The first kappa shape index (κ1) is 15.9. The van der Waals surface area contributed by atoms with Crippen molar-refractivity contribution in [2.75, 3.05) is 6.54 Å². The van der Waals surface area contributed by atoms with Crippen LogP contribution in [0.25, 0.3) is 11.0 Å². The summed E-state index contributed by atoms with van der Waals surface area (Å²) < 4.78 is 0. The van der Waals surface area contributed by atoms with E-state index in [9.17, 15) is 4.79 Å². The molecule has 4 nitrogen and oxygen atoms in total. The topological polar surface area (TPSA) is 49.0 Å². The average Bonchev–Trinajstić information content (AvgIpc) is 3.28. The number of aromatic amines is 1. The number of nitrogens with one attached hydrogen (secondary N) is 1. The number of likely N-dealkylation sites (tertiary alicyclic amines) is 1. The normalized spacial score (nSPS) is 18.6. The van der Waals surface area contributed by atoms with E-state index in [1.54, 1.807) is 0 Å². The average molecular weight is 333 g/mol. The van der Waals surface area contributed by atoms with Crippen molar-refractivity contribution in [3.05, 3.63) is 66.0 Å². The number of imidazole rings is 1. The summed E-state index contributed by atoms with van der Waals surface area (Å²) in [5.41, 5.74) is 3.22. The van der Waals surface area contributed by atoms with Gasteiger partial charge < -0.3 is 9.88 Å². The van der Waals surface area contributed by atoms with Crippen molar-refractivity contribution in [1.82, 2.24) is 14.9 Å². The van der Waals surface area contributed by atoms with Crippen LogP contribution in [0.3, 0.4) is 0 Å². The zero-order chi connectivity index (χ0) is 17.2. The lowest BCUT2D eigenvalue weighted by molar-refractivity contribution is -0.132. The van der Waals surface area contributed by atoms with Crippen LogP contribution in [0, 0.1) is 0 Å². The molecule has 3 aromatic rings. The Kier molecular flexibility index (Phi) is 4.26. The van der Waals surface area contributed by atoms with Gasteiger partial charge in [0.25, 0.3) is 0 Å². The fraction of sp³-hybridized carbons (Fsp3) is 0.333. The lowest BCUT2D eigenvalue weighted by atomic mass is 9.97. The summed E-state index contributed by atoms with van der Waals surface area (Å²) in [6.07, 6.45) is 2.55. The quantitative estimate of drug-likeness (QED) is 0.768. The van der Waals surface area contributed by atoms with Crippen LogP contribution in [0.2, 0.25) is 0 Å². The maximum atomic E-state index is 12.9. The highest BCUT2D eigenvalue weighted by Gasteiger charge is 2.32. The van der Waals surface area contributed by atoms with Gasteiger partial charge in [0.1, 0.15) is 5.82 Å². The summed E-state index contributed by atoms with van der Waals surface area (Å²) in [4.78, 5) is 23.0. The maximum absolute atomic E-state index is 12.9. The molecule has 2 unspecified atom stereocenters. The van der Waals surface area contributed by atoms with E-state index in [0.29, 0.717) is 6.42 Å². The van der Waals surface area contributed by atoms with Crippen LogP contribution in [-0.2, 0) is 4.79 Å². The van der Waals surface area contributed by atoms with Crippen molar-refractivity contribution in [3.8, 4) is 0 Å². The molecule has 2 aromatic carbocycles. The molecule has 25 heavy (non-hydrogen) atoms. The number of aromatic nitrogens is 2. The molecule has 0 aliphatic carbocycles. The number of carbonyl (C=O) groups is 1. The van der Waals surface area contributed by atoms with Gasteiger partial charge in [-0.25, -0.2) is 4.98 Å². The van der Waals surface area contributed by atoms with E-state index in [0.717, 1.165) is 36.2 Å². The van der Waals surface area contributed by atoms with Crippen LogP contribution in [0.1, 0.15) is 49.5 Å². The lowest BCUT2D eigenvalue weighted by Crippen LogP contribution is -2.31. The summed E-state index contributed by atoms with van der Waals surface area (Å²) in [5.74, 6) is 1.37. The van der Waals surface area contributed by atoms with Gasteiger partial charge in [-0.2, -0.15) is 0 Å².